The first kappa shape index (κ1) is 28.3. The molecule has 0 unspecified atom stereocenters. The third-order valence-electron chi connectivity index (χ3n) is 9.72. The van der Waals surface area contributed by atoms with Crippen LogP contribution in [0, 0.1) is 0 Å². The van der Waals surface area contributed by atoms with Crippen LogP contribution in [-0.4, -0.2) is 19.3 Å². The highest BCUT2D eigenvalue weighted by atomic mass is 16.4. The number of fused-ring (bicyclic) bond motifs is 6. The highest BCUT2D eigenvalue weighted by molar-refractivity contribution is 6.12. The molecule has 0 aliphatic rings. The predicted molar refractivity (Wildman–Crippen MR) is 198 cm³/mol. The first-order chi connectivity index (χ1) is 23.3. The van der Waals surface area contributed by atoms with Crippen molar-refractivity contribution in [1.29, 1.82) is 0 Å². The molecular weight excluding hydrogens is 589 g/mol. The van der Waals surface area contributed by atoms with Crippen molar-refractivity contribution in [3.8, 4) is 39.7 Å². The van der Waals surface area contributed by atoms with Crippen LogP contribution in [0.25, 0.3) is 83.3 Å². The number of aromatic nitrogens is 4. The molecule has 0 saturated heterocycles. The summed E-state index contributed by atoms with van der Waals surface area (Å²) in [5.41, 5.74) is 11.5. The van der Waals surface area contributed by atoms with Crippen molar-refractivity contribution in [2.45, 2.75) is 26.2 Å². The summed E-state index contributed by atoms with van der Waals surface area (Å²) in [7, 11) is 2.15. The van der Waals surface area contributed by atoms with E-state index in [0.717, 1.165) is 27.9 Å². The monoisotopic (exact) mass is 622 g/mol. The molecule has 5 nitrogen and oxygen atoms in total. The van der Waals surface area contributed by atoms with Gasteiger partial charge in [0.2, 0.25) is 11.8 Å². The third-order valence-corrected chi connectivity index (χ3v) is 9.72. The Morgan fingerprint density at radius 1 is 0.479 bits per heavy atom. The van der Waals surface area contributed by atoms with Gasteiger partial charge in [-0.1, -0.05) is 87.5 Å². The van der Waals surface area contributed by atoms with E-state index in [4.69, 9.17) is 4.42 Å². The normalized spacial score (nSPS) is 12.2. The van der Waals surface area contributed by atoms with Gasteiger partial charge >= 0.3 is 0 Å². The lowest BCUT2D eigenvalue weighted by molar-refractivity contribution is 0.582. The molecule has 232 valence electrons. The molecule has 0 radical (unpaired) electrons. The summed E-state index contributed by atoms with van der Waals surface area (Å²) in [5, 5.41) is 13.7. The number of para-hydroxylation sites is 2. The maximum absolute atomic E-state index is 6.10. The second-order valence-corrected chi connectivity index (χ2v) is 13.7. The van der Waals surface area contributed by atoms with Gasteiger partial charge in [0.1, 0.15) is 0 Å². The molecule has 9 aromatic rings. The van der Waals surface area contributed by atoms with Gasteiger partial charge in [-0.25, -0.2) is 0 Å². The van der Waals surface area contributed by atoms with E-state index in [-0.39, 0.29) is 5.41 Å². The summed E-state index contributed by atoms with van der Waals surface area (Å²) in [6, 6.07) is 47.7. The van der Waals surface area contributed by atoms with Crippen LogP contribution in [0.2, 0.25) is 0 Å². The summed E-state index contributed by atoms with van der Waals surface area (Å²) >= 11 is 0. The van der Waals surface area contributed by atoms with E-state index in [1.807, 2.05) is 0 Å². The molecule has 5 heteroatoms. The fraction of sp³-hybridized carbons (Fsp3) is 0.116. The van der Waals surface area contributed by atoms with Crippen LogP contribution in [0.1, 0.15) is 26.3 Å². The van der Waals surface area contributed by atoms with Crippen LogP contribution in [0.5, 0.6) is 0 Å². The van der Waals surface area contributed by atoms with Gasteiger partial charge in [-0.15, -0.1) is 10.2 Å². The Hall–Kier alpha value is -5.94. The number of nitrogens with zero attached hydrogens (tertiary/aromatic N) is 4. The molecule has 6 aromatic carbocycles. The molecule has 3 aromatic heterocycles. The summed E-state index contributed by atoms with van der Waals surface area (Å²) in [6.45, 7) is 6.63. The largest absolute Gasteiger partial charge is 0.416 e. The molecule has 0 aliphatic heterocycles. The average Bonchev–Trinajstić information content (AvgIpc) is 3.81. The van der Waals surface area contributed by atoms with E-state index in [1.165, 1.54) is 49.2 Å². The van der Waals surface area contributed by atoms with Crippen molar-refractivity contribution >= 4 is 43.6 Å². The van der Waals surface area contributed by atoms with Gasteiger partial charge in [0.15, 0.2) is 0 Å². The molecule has 0 atom stereocenters. The van der Waals surface area contributed by atoms with Gasteiger partial charge in [-0.3, -0.25) is 0 Å². The maximum atomic E-state index is 6.10. The molecule has 0 aliphatic carbocycles. The second kappa shape index (κ2) is 10.5. The van der Waals surface area contributed by atoms with Gasteiger partial charge in [0.25, 0.3) is 0 Å². The van der Waals surface area contributed by atoms with Gasteiger partial charge in [-0.05, 0) is 88.8 Å². The van der Waals surface area contributed by atoms with E-state index < -0.39 is 0 Å². The SMILES string of the molecule is Cn1c2ccc(-c3ccc(-c4nnc(-c5ccc(C(C)(C)C)cc5)o4)cc3)cc2c2cc(-n3c4ccccc4c4ccccc43)ccc21. The Balaban J connectivity index is 1.07. The molecule has 0 saturated carbocycles. The lowest BCUT2D eigenvalue weighted by Crippen LogP contribution is -2.10. The van der Waals surface area contributed by atoms with Crippen LogP contribution in [-0.2, 0) is 12.5 Å². The Kier molecular flexibility index (Phi) is 6.21. The number of hydrogen-bond donors (Lipinski definition) is 0. The quantitative estimate of drug-likeness (QED) is 0.196. The Bertz CT molecular complexity index is 2590. The van der Waals surface area contributed by atoms with E-state index >= 15 is 0 Å². The molecule has 3 heterocycles. The predicted octanol–water partition coefficient (Wildman–Crippen LogP) is 11.1. The number of benzene rings is 6. The Labute approximate surface area is 278 Å². The van der Waals surface area contributed by atoms with Crippen molar-refractivity contribution in [2.75, 3.05) is 0 Å². The highest BCUT2D eigenvalue weighted by Gasteiger charge is 2.17. The van der Waals surface area contributed by atoms with Crippen molar-refractivity contribution in [3.63, 3.8) is 0 Å². The lowest BCUT2D eigenvalue weighted by Gasteiger charge is -2.18. The average molecular weight is 623 g/mol. The lowest BCUT2D eigenvalue weighted by atomic mass is 9.87. The smallest absolute Gasteiger partial charge is 0.248 e. The minimum absolute atomic E-state index is 0.0921. The fourth-order valence-corrected chi connectivity index (χ4v) is 7.10. The maximum Gasteiger partial charge on any atom is 0.248 e. The number of rotatable bonds is 4. The Morgan fingerprint density at radius 3 is 1.58 bits per heavy atom. The zero-order valence-corrected chi connectivity index (χ0v) is 27.4. The molecule has 9 rings (SSSR count). The zero-order chi connectivity index (χ0) is 32.6. The van der Waals surface area contributed by atoms with Gasteiger partial charge in [-0.2, -0.15) is 0 Å². The summed E-state index contributed by atoms with van der Waals surface area (Å²) in [4.78, 5) is 0. The molecule has 0 amide bonds. The molecular formula is C43H34N4O. The standard InChI is InChI=1S/C43H34N4O/c1-43(2,3)31-20-17-29(18-21-31)42-45-44-41(48-42)28-15-13-27(14-16-28)30-19-23-37-35(25-30)36-26-32(22-24-38(36)46(37)4)47-39-11-7-5-9-33(39)34-10-6-8-12-40(34)47/h5-26H,1-4H3. The number of hydrogen-bond acceptors (Lipinski definition) is 3. The third kappa shape index (κ3) is 4.46. The van der Waals surface area contributed by atoms with Crippen LogP contribution in [0.3, 0.4) is 0 Å². The van der Waals surface area contributed by atoms with Crippen LogP contribution in [0.4, 0.5) is 0 Å². The van der Waals surface area contributed by atoms with Crippen molar-refractivity contribution in [2.24, 2.45) is 7.05 Å². The van der Waals surface area contributed by atoms with Crippen molar-refractivity contribution in [1.82, 2.24) is 19.3 Å². The molecule has 0 spiro atoms. The van der Waals surface area contributed by atoms with Crippen LogP contribution < -0.4 is 0 Å². The Morgan fingerprint density at radius 2 is 0.979 bits per heavy atom. The first-order valence-corrected chi connectivity index (χ1v) is 16.4. The molecule has 48 heavy (non-hydrogen) atoms. The minimum Gasteiger partial charge on any atom is -0.416 e. The molecule has 0 bridgehead atoms. The van der Waals surface area contributed by atoms with Crippen molar-refractivity contribution < 1.29 is 4.42 Å². The number of aryl methyl sites for hydroxylation is 1. The minimum atomic E-state index is 0.0921. The summed E-state index contributed by atoms with van der Waals surface area (Å²) in [6.07, 6.45) is 0. The summed E-state index contributed by atoms with van der Waals surface area (Å²) < 4.78 is 10.8. The second-order valence-electron chi connectivity index (χ2n) is 13.7. The molecule has 0 fully saturated rings. The highest BCUT2D eigenvalue weighted by Crippen LogP contribution is 2.37. The van der Waals surface area contributed by atoms with E-state index in [1.54, 1.807) is 0 Å². The van der Waals surface area contributed by atoms with Gasteiger partial charge in [0, 0.05) is 56.4 Å². The van der Waals surface area contributed by atoms with E-state index in [0.29, 0.717) is 11.8 Å². The molecule has 0 N–H and O–H groups in total. The van der Waals surface area contributed by atoms with Crippen LogP contribution in [0.15, 0.2) is 138 Å². The summed E-state index contributed by atoms with van der Waals surface area (Å²) in [5.74, 6) is 1.04. The first-order valence-electron chi connectivity index (χ1n) is 16.4. The van der Waals surface area contributed by atoms with Crippen molar-refractivity contribution in [3.05, 3.63) is 139 Å². The van der Waals surface area contributed by atoms with Crippen LogP contribution >= 0.6 is 0 Å². The van der Waals surface area contributed by atoms with E-state index in [2.05, 4.69) is 181 Å². The fourth-order valence-electron chi connectivity index (χ4n) is 7.10. The van der Waals surface area contributed by atoms with Gasteiger partial charge < -0.3 is 13.6 Å². The van der Waals surface area contributed by atoms with E-state index in [9.17, 15) is 0 Å². The van der Waals surface area contributed by atoms with Gasteiger partial charge in [0.05, 0.1) is 11.0 Å². The topological polar surface area (TPSA) is 48.8 Å². The zero-order valence-electron chi connectivity index (χ0n) is 27.4.